The molecular formula is C39H50F2N10O4S. The van der Waals surface area contributed by atoms with Crippen LogP contribution in [0.3, 0.4) is 0 Å². The summed E-state index contributed by atoms with van der Waals surface area (Å²) in [5, 5.41) is 18.7. The summed E-state index contributed by atoms with van der Waals surface area (Å²) < 4.78 is 53.3. The van der Waals surface area contributed by atoms with Gasteiger partial charge in [0.25, 0.3) is 0 Å². The van der Waals surface area contributed by atoms with Crippen molar-refractivity contribution in [3.63, 3.8) is 0 Å². The highest BCUT2D eigenvalue weighted by molar-refractivity contribution is 7.82. The number of piperidine rings is 2. The molecule has 1 aromatic heterocycles. The third-order valence-electron chi connectivity index (χ3n) is 10.2. The van der Waals surface area contributed by atoms with Gasteiger partial charge >= 0.3 is 6.61 Å². The lowest BCUT2D eigenvalue weighted by atomic mass is 9.85. The zero-order valence-electron chi connectivity index (χ0n) is 32.0. The summed E-state index contributed by atoms with van der Waals surface area (Å²) in [5.41, 5.74) is 7.84. The number of ether oxygens (including phenoxy) is 2. The lowest BCUT2D eigenvalue weighted by Gasteiger charge is -2.38. The maximum absolute atomic E-state index is 13.6. The number of nitrogens with two attached hydrogens (primary N) is 1. The number of aliphatic imine (C=N–C) groups is 2. The van der Waals surface area contributed by atoms with E-state index in [0.717, 1.165) is 54.9 Å². The minimum absolute atomic E-state index is 0.165. The SMILES string of the molecule is C=C(NC)N(CCC=O)c1nn(C)c2cc(C3CCN(CCOc4cc(S(=O)N5CCC(N=C/C(=C\N=CN)OC(F)F)CC5)ccc4C#N)[C@@H](C)C3)ccc12. The number of hydrogen-bond donors (Lipinski definition) is 2. The van der Waals surface area contributed by atoms with Crippen LogP contribution in [0, 0.1) is 11.3 Å². The Balaban J connectivity index is 1.15. The molecule has 5 rings (SSSR count). The predicted molar refractivity (Wildman–Crippen MR) is 214 cm³/mol. The van der Waals surface area contributed by atoms with Crippen LogP contribution >= 0.6 is 0 Å². The second-order valence-corrected chi connectivity index (χ2v) is 15.1. The first-order chi connectivity index (χ1) is 27.1. The molecular weight excluding hydrogens is 743 g/mol. The van der Waals surface area contributed by atoms with Crippen LogP contribution in [-0.4, -0.2) is 107 Å². The first kappa shape index (κ1) is 42.0. The van der Waals surface area contributed by atoms with Crippen LogP contribution in [0.15, 0.2) is 75.6 Å². The average molecular weight is 793 g/mol. The van der Waals surface area contributed by atoms with Gasteiger partial charge in [-0.05, 0) is 81.0 Å². The molecule has 2 aromatic carbocycles. The van der Waals surface area contributed by atoms with Crippen molar-refractivity contribution in [2.45, 2.75) is 68.5 Å². The summed E-state index contributed by atoms with van der Waals surface area (Å²) in [7, 11) is 2.24. The molecule has 56 heavy (non-hydrogen) atoms. The van der Waals surface area contributed by atoms with Gasteiger partial charge in [-0.3, -0.25) is 14.6 Å². The Bertz CT molecular complexity index is 1990. The molecule has 3 heterocycles. The summed E-state index contributed by atoms with van der Waals surface area (Å²) in [6.07, 6.45) is 7.57. The summed E-state index contributed by atoms with van der Waals surface area (Å²) in [6, 6.07) is 13.8. The van der Waals surface area contributed by atoms with Crippen molar-refractivity contribution in [3.05, 3.63) is 71.9 Å². The number of nitriles is 1. The first-order valence-corrected chi connectivity index (χ1v) is 19.7. The van der Waals surface area contributed by atoms with Gasteiger partial charge in [0.15, 0.2) is 11.6 Å². The average Bonchev–Trinajstić information content (AvgIpc) is 3.53. The minimum atomic E-state index is -3.02. The summed E-state index contributed by atoms with van der Waals surface area (Å²) in [6.45, 7) is 6.67. The number of aryl methyl sites for hydroxylation is 1. The molecule has 3 N–H and O–H groups in total. The Labute approximate surface area is 328 Å². The maximum atomic E-state index is 13.6. The number of aromatic nitrogens is 2. The topological polar surface area (TPSA) is 167 Å². The number of benzene rings is 2. The number of carbonyl (C=O) groups is 1. The van der Waals surface area contributed by atoms with Gasteiger partial charge in [0, 0.05) is 58.1 Å². The van der Waals surface area contributed by atoms with Crippen LogP contribution in [0.4, 0.5) is 14.6 Å². The van der Waals surface area contributed by atoms with Gasteiger partial charge in [0.2, 0.25) is 0 Å². The number of halogens is 2. The number of carbonyl (C=O) groups excluding carboxylic acids is 1. The number of anilines is 1. The standard InChI is InChI=1S/C39H50F2N10O4S/c1-27-20-30(29-7-9-35-36(21-29)48(4)47-38(35)51(13-5-18-52)28(2)44-3)10-14-49(27)17-19-54-37-22-34(8-6-31(37)23-42)56(53)50-15-11-32(12-16-50)46-25-33(24-45-26-43)55-39(40)41/h6-9,18,21-22,24-27,30,32,39,44H,2,5,10-17,19-20H2,1,3-4H3,(H2,43,45)/b33-24+,46-25?/t27-,30?,56?/m0/s1. The van der Waals surface area contributed by atoms with E-state index >= 15 is 0 Å². The fourth-order valence-corrected chi connectivity index (χ4v) is 8.38. The van der Waals surface area contributed by atoms with E-state index in [9.17, 15) is 23.0 Å². The number of hydrogen-bond acceptors (Lipinski definition) is 11. The predicted octanol–water partition coefficient (Wildman–Crippen LogP) is 4.80. The molecule has 2 saturated heterocycles. The Morgan fingerprint density at radius 2 is 2.02 bits per heavy atom. The highest BCUT2D eigenvalue weighted by Gasteiger charge is 2.28. The smallest absolute Gasteiger partial charge is 0.387 e. The van der Waals surface area contributed by atoms with Crippen LogP contribution in [0.5, 0.6) is 5.75 Å². The fourth-order valence-electron chi connectivity index (χ4n) is 7.14. The molecule has 300 valence electrons. The van der Waals surface area contributed by atoms with Crippen molar-refractivity contribution < 1.29 is 27.3 Å². The van der Waals surface area contributed by atoms with Gasteiger partial charge in [-0.25, -0.2) is 13.5 Å². The minimum Gasteiger partial charge on any atom is -0.491 e. The highest BCUT2D eigenvalue weighted by atomic mass is 32.2. The number of rotatable bonds is 18. The number of aldehydes is 1. The quantitative estimate of drug-likeness (QED) is 0.0791. The van der Waals surface area contributed by atoms with Gasteiger partial charge in [-0.15, -0.1) is 0 Å². The van der Waals surface area contributed by atoms with Crippen molar-refractivity contribution in [2.24, 2.45) is 22.8 Å². The maximum Gasteiger partial charge on any atom is 0.387 e. The number of fused-ring (bicyclic) bond motifs is 1. The van der Waals surface area contributed by atoms with Crippen LogP contribution in [-0.2, 0) is 27.6 Å². The number of nitrogens with zero attached hydrogens (tertiary/aromatic N) is 8. The second-order valence-electron chi connectivity index (χ2n) is 13.6. The van der Waals surface area contributed by atoms with Crippen molar-refractivity contribution in [3.8, 4) is 11.8 Å². The Morgan fingerprint density at radius 3 is 2.70 bits per heavy atom. The number of allylic oxidation sites excluding steroid dienone is 1. The molecule has 0 radical (unpaired) electrons. The molecule has 0 saturated carbocycles. The molecule has 2 aliphatic rings. The van der Waals surface area contributed by atoms with Crippen molar-refractivity contribution >= 4 is 46.5 Å². The lowest BCUT2D eigenvalue weighted by Crippen LogP contribution is -2.42. The zero-order chi connectivity index (χ0) is 40.2. The first-order valence-electron chi connectivity index (χ1n) is 18.6. The van der Waals surface area contributed by atoms with Crippen LogP contribution in [0.25, 0.3) is 10.9 Å². The van der Waals surface area contributed by atoms with Gasteiger partial charge < -0.3 is 30.2 Å². The third-order valence-corrected chi connectivity index (χ3v) is 11.7. The Kier molecular flexibility index (Phi) is 15.1. The number of nitrogens with one attached hydrogen (secondary N) is 1. The highest BCUT2D eigenvalue weighted by Crippen LogP contribution is 2.36. The van der Waals surface area contributed by atoms with Crippen molar-refractivity contribution in [2.75, 3.05) is 51.3 Å². The lowest BCUT2D eigenvalue weighted by molar-refractivity contribution is -0.107. The molecule has 17 heteroatoms. The Morgan fingerprint density at radius 1 is 1.23 bits per heavy atom. The van der Waals surface area contributed by atoms with Crippen LogP contribution in [0.1, 0.15) is 56.1 Å². The van der Waals surface area contributed by atoms with E-state index in [1.165, 1.54) is 11.8 Å². The zero-order valence-corrected chi connectivity index (χ0v) is 32.8. The van der Waals surface area contributed by atoms with Gasteiger partial charge in [0.1, 0.15) is 35.7 Å². The van der Waals surface area contributed by atoms with E-state index in [0.29, 0.717) is 86.0 Å². The molecule has 2 aliphatic heterocycles. The van der Waals surface area contributed by atoms with Crippen LogP contribution in [0.2, 0.25) is 0 Å². The monoisotopic (exact) mass is 792 g/mol. The van der Waals surface area contributed by atoms with E-state index in [-0.39, 0.29) is 11.8 Å². The van der Waals surface area contributed by atoms with E-state index in [1.54, 1.807) is 25.2 Å². The molecule has 0 amide bonds. The number of alkyl halides is 2. The second kappa shape index (κ2) is 20.1. The van der Waals surface area contributed by atoms with Crippen LogP contribution < -0.4 is 20.7 Å². The molecule has 3 atom stereocenters. The number of likely N-dealkylation sites (tertiary alicyclic amines) is 1. The van der Waals surface area contributed by atoms with E-state index in [4.69, 9.17) is 15.6 Å². The molecule has 3 aromatic rings. The summed E-state index contributed by atoms with van der Waals surface area (Å²) in [4.78, 5) is 24.0. The van der Waals surface area contributed by atoms with Gasteiger partial charge in [-0.2, -0.15) is 19.1 Å². The van der Waals surface area contributed by atoms with E-state index in [2.05, 4.69) is 62.7 Å². The molecule has 0 bridgehead atoms. The summed E-state index contributed by atoms with van der Waals surface area (Å²) in [5.74, 6) is 2.01. The normalized spacial score (nSPS) is 19.4. The third kappa shape index (κ3) is 10.6. The Hall–Kier alpha value is -5.18. The molecule has 0 spiro atoms. The van der Waals surface area contributed by atoms with E-state index < -0.39 is 17.6 Å². The molecule has 14 nitrogen and oxygen atoms in total. The van der Waals surface area contributed by atoms with Crippen molar-refractivity contribution in [1.29, 1.82) is 5.26 Å². The van der Waals surface area contributed by atoms with Gasteiger partial charge in [-0.1, -0.05) is 12.6 Å². The largest absolute Gasteiger partial charge is 0.491 e. The fraction of sp³-hybridized carbons (Fsp3) is 0.462. The van der Waals surface area contributed by atoms with Crippen molar-refractivity contribution in [1.82, 2.24) is 24.3 Å². The van der Waals surface area contributed by atoms with Gasteiger partial charge in [0.05, 0.1) is 46.6 Å². The molecule has 2 unspecified atom stereocenters. The summed E-state index contributed by atoms with van der Waals surface area (Å²) >= 11 is 0. The van der Waals surface area contributed by atoms with E-state index in [1.807, 2.05) is 20.9 Å². The molecule has 2 fully saturated rings. The molecule has 0 aliphatic carbocycles.